The van der Waals surface area contributed by atoms with Crippen molar-refractivity contribution in [3.63, 3.8) is 0 Å². The first kappa shape index (κ1) is 13.3. The van der Waals surface area contributed by atoms with Crippen LogP contribution in [0.4, 0.5) is 0 Å². The molecule has 0 bridgehead atoms. The number of halogens is 1. The fourth-order valence-corrected chi connectivity index (χ4v) is 4.19. The Hall–Kier alpha value is -0.670. The van der Waals surface area contributed by atoms with E-state index >= 15 is 0 Å². The first-order chi connectivity index (χ1) is 9.05. The summed E-state index contributed by atoms with van der Waals surface area (Å²) < 4.78 is 0.972. The molecule has 1 aromatic carbocycles. The molecule has 3 heteroatoms. The van der Waals surface area contributed by atoms with Crippen LogP contribution in [-0.4, -0.2) is 17.0 Å². The van der Waals surface area contributed by atoms with Crippen LogP contribution in [0, 0.1) is 11.3 Å². The van der Waals surface area contributed by atoms with Gasteiger partial charge >= 0.3 is 0 Å². The summed E-state index contributed by atoms with van der Waals surface area (Å²) in [5.74, 6) is 0.574. The Labute approximate surface area is 122 Å². The first-order valence-corrected chi connectivity index (χ1v) is 7.86. The van der Waals surface area contributed by atoms with Gasteiger partial charge in [-0.2, -0.15) is 0 Å². The molecule has 0 saturated heterocycles. The minimum absolute atomic E-state index is 0.223. The molecule has 3 atom stereocenters. The van der Waals surface area contributed by atoms with Gasteiger partial charge in [0.1, 0.15) is 0 Å². The van der Waals surface area contributed by atoms with Gasteiger partial charge in [-0.3, -0.25) is 4.79 Å². The molecule has 0 amide bonds. The minimum atomic E-state index is -0.233. The van der Waals surface area contributed by atoms with Crippen molar-refractivity contribution in [3.8, 4) is 0 Å². The summed E-state index contributed by atoms with van der Waals surface area (Å²) in [7, 11) is 0. The van der Waals surface area contributed by atoms with Crippen molar-refractivity contribution < 1.29 is 9.90 Å². The number of ketones is 1. The number of aliphatic hydroxyl groups is 1. The average molecular weight is 323 g/mol. The number of rotatable bonds is 1. The van der Waals surface area contributed by atoms with Crippen LogP contribution in [0.15, 0.2) is 22.7 Å². The van der Waals surface area contributed by atoms with Crippen molar-refractivity contribution >= 4 is 21.7 Å². The highest BCUT2D eigenvalue weighted by Crippen LogP contribution is 2.49. The number of carbonyl (C=O) groups is 1. The van der Waals surface area contributed by atoms with Gasteiger partial charge in [0.25, 0.3) is 0 Å². The number of benzene rings is 1. The molecule has 19 heavy (non-hydrogen) atoms. The van der Waals surface area contributed by atoms with Crippen molar-refractivity contribution in [1.29, 1.82) is 0 Å². The fourth-order valence-electron chi connectivity index (χ4n) is 3.83. The quantitative estimate of drug-likeness (QED) is 0.855. The Kier molecular flexibility index (Phi) is 3.30. The van der Waals surface area contributed by atoms with E-state index in [4.69, 9.17) is 0 Å². The minimum Gasteiger partial charge on any atom is -0.393 e. The lowest BCUT2D eigenvalue weighted by Gasteiger charge is -2.39. The summed E-state index contributed by atoms with van der Waals surface area (Å²) in [5, 5.41) is 10.0. The molecule has 0 aromatic heterocycles. The first-order valence-electron chi connectivity index (χ1n) is 7.07. The fraction of sp³-hybridized carbons (Fsp3) is 0.562. The summed E-state index contributed by atoms with van der Waals surface area (Å²) in [4.78, 5) is 12.8. The molecule has 0 heterocycles. The number of carbonyl (C=O) groups excluding carboxylic acids is 1. The smallest absolute Gasteiger partial charge is 0.169 e. The van der Waals surface area contributed by atoms with Gasteiger partial charge in [0.2, 0.25) is 0 Å². The van der Waals surface area contributed by atoms with Gasteiger partial charge in [-0.05, 0) is 49.3 Å². The highest BCUT2D eigenvalue weighted by Gasteiger charge is 2.49. The lowest BCUT2D eigenvalue weighted by molar-refractivity contribution is 0.0128. The van der Waals surface area contributed by atoms with Crippen LogP contribution in [-0.2, 0) is 6.42 Å². The summed E-state index contributed by atoms with van der Waals surface area (Å²) in [6, 6.07) is 6.04. The molecule has 0 aliphatic heterocycles. The Balaban J connectivity index is 1.94. The van der Waals surface area contributed by atoms with E-state index in [1.54, 1.807) is 0 Å². The van der Waals surface area contributed by atoms with Gasteiger partial charge in [0.05, 0.1) is 6.10 Å². The third kappa shape index (κ3) is 2.07. The molecule has 1 fully saturated rings. The van der Waals surface area contributed by atoms with E-state index in [0.717, 1.165) is 42.1 Å². The Bertz CT molecular complexity index is 525. The molecule has 2 aliphatic carbocycles. The lowest BCUT2D eigenvalue weighted by atomic mass is 9.65. The maximum Gasteiger partial charge on any atom is 0.169 e. The number of fused-ring (bicyclic) bond motifs is 1. The molecular weight excluding hydrogens is 304 g/mol. The zero-order valence-electron chi connectivity index (χ0n) is 11.2. The second-order valence-electron chi connectivity index (χ2n) is 6.07. The average Bonchev–Trinajstić information content (AvgIpc) is 2.67. The third-order valence-corrected chi connectivity index (χ3v) is 5.46. The van der Waals surface area contributed by atoms with E-state index in [1.807, 2.05) is 12.1 Å². The van der Waals surface area contributed by atoms with E-state index in [0.29, 0.717) is 5.78 Å². The molecule has 2 nitrogen and oxygen atoms in total. The number of hydrogen-bond acceptors (Lipinski definition) is 2. The predicted octanol–water partition coefficient (Wildman–Crippen LogP) is 3.75. The van der Waals surface area contributed by atoms with E-state index in [9.17, 15) is 9.90 Å². The molecule has 0 unspecified atom stereocenters. The monoisotopic (exact) mass is 322 g/mol. The second-order valence-corrected chi connectivity index (χ2v) is 6.98. The zero-order valence-corrected chi connectivity index (χ0v) is 12.7. The standard InChI is InChI=1S/C16H19BrO2/c1-2-10-8-16(6-5-14(10)18)9-11-3-4-12(17)7-13(11)15(16)19/h3-4,7,10,14,18H,2,5-6,8-9H2,1H3/t10-,14-,16-/m0/s1. The molecule has 1 aromatic rings. The zero-order chi connectivity index (χ0) is 13.6. The highest BCUT2D eigenvalue weighted by molar-refractivity contribution is 9.10. The van der Waals surface area contributed by atoms with Crippen LogP contribution < -0.4 is 0 Å². The number of Topliss-reactive ketones (excluding diaryl/α,β-unsaturated/α-hetero) is 1. The molecule has 0 radical (unpaired) electrons. The summed E-state index contributed by atoms with van der Waals surface area (Å²) in [6.07, 6.45) is 4.03. The molecule has 102 valence electrons. The number of hydrogen-bond donors (Lipinski definition) is 1. The summed E-state index contributed by atoms with van der Waals surface area (Å²) in [6.45, 7) is 2.11. The summed E-state index contributed by atoms with van der Waals surface area (Å²) in [5.41, 5.74) is 1.84. The second kappa shape index (κ2) is 4.71. The largest absolute Gasteiger partial charge is 0.393 e. The van der Waals surface area contributed by atoms with E-state index in [-0.39, 0.29) is 17.4 Å². The Morgan fingerprint density at radius 2 is 2.26 bits per heavy atom. The Morgan fingerprint density at radius 3 is 3.00 bits per heavy atom. The maximum atomic E-state index is 12.8. The molecule has 1 saturated carbocycles. The molecule has 1 spiro atoms. The predicted molar refractivity (Wildman–Crippen MR) is 78.2 cm³/mol. The van der Waals surface area contributed by atoms with E-state index in [2.05, 4.69) is 28.9 Å². The van der Waals surface area contributed by atoms with Gasteiger partial charge in [-0.1, -0.05) is 35.3 Å². The van der Waals surface area contributed by atoms with E-state index in [1.165, 1.54) is 5.56 Å². The molecule has 3 rings (SSSR count). The van der Waals surface area contributed by atoms with Crippen LogP contribution in [0.3, 0.4) is 0 Å². The lowest BCUT2D eigenvalue weighted by Crippen LogP contribution is -2.40. The third-order valence-electron chi connectivity index (χ3n) is 4.97. The van der Waals surface area contributed by atoms with Crippen LogP contribution in [0.25, 0.3) is 0 Å². The van der Waals surface area contributed by atoms with Crippen LogP contribution in [0.2, 0.25) is 0 Å². The van der Waals surface area contributed by atoms with Crippen molar-refractivity contribution in [3.05, 3.63) is 33.8 Å². The van der Waals surface area contributed by atoms with Crippen molar-refractivity contribution in [2.24, 2.45) is 11.3 Å². The van der Waals surface area contributed by atoms with Crippen molar-refractivity contribution in [2.75, 3.05) is 0 Å². The molecular formula is C16H19BrO2. The van der Waals surface area contributed by atoms with Gasteiger partial charge in [-0.25, -0.2) is 0 Å². The van der Waals surface area contributed by atoms with Crippen LogP contribution in [0.1, 0.15) is 48.5 Å². The van der Waals surface area contributed by atoms with Gasteiger partial charge in [0.15, 0.2) is 5.78 Å². The maximum absolute atomic E-state index is 12.8. The SMILES string of the molecule is CC[C@H]1C[C@@]2(CC[C@@H]1O)Cc1ccc(Br)cc1C2=O. The Morgan fingerprint density at radius 1 is 1.47 bits per heavy atom. The number of aliphatic hydroxyl groups excluding tert-OH is 1. The van der Waals surface area contributed by atoms with Gasteiger partial charge < -0.3 is 5.11 Å². The van der Waals surface area contributed by atoms with Gasteiger partial charge in [-0.15, -0.1) is 0 Å². The molecule has 2 aliphatic rings. The molecule has 1 N–H and O–H groups in total. The van der Waals surface area contributed by atoms with Crippen LogP contribution >= 0.6 is 15.9 Å². The van der Waals surface area contributed by atoms with Crippen molar-refractivity contribution in [1.82, 2.24) is 0 Å². The summed E-state index contributed by atoms with van der Waals surface area (Å²) >= 11 is 3.45. The topological polar surface area (TPSA) is 37.3 Å². The normalized spacial score (nSPS) is 33.7. The van der Waals surface area contributed by atoms with E-state index < -0.39 is 0 Å². The highest BCUT2D eigenvalue weighted by atomic mass is 79.9. The van der Waals surface area contributed by atoms with Gasteiger partial charge in [0, 0.05) is 15.5 Å². The van der Waals surface area contributed by atoms with Crippen LogP contribution in [0.5, 0.6) is 0 Å². The van der Waals surface area contributed by atoms with Crippen molar-refractivity contribution in [2.45, 2.75) is 45.1 Å².